The normalized spacial score (nSPS) is 16.7. The highest BCUT2D eigenvalue weighted by Crippen LogP contribution is 2.36. The first-order valence-electron chi connectivity index (χ1n) is 16.6. The maximum absolute atomic E-state index is 15.4. The standard InChI is InChI=1S/C32H30ClF2NO3S.C6H14N2/c1-2-38-30-19-24(11-16-29(30)33)21-7-12-25(13-8-21)32(34,35)31(20-37)36-40-28-15-10-22-17-27(14-9-23(22)18-28)39-26-5-3-4-6-26;1-8-4-2-6(7)3-5-8/h7-20,26,31,36H,2-6H2,1H3;6H,2-5,7H2,1H3. The minimum absolute atomic E-state index is 0.252. The van der Waals surface area contributed by atoms with Gasteiger partial charge in [-0.05, 0) is 136 Å². The van der Waals surface area contributed by atoms with Crippen molar-refractivity contribution in [2.75, 3.05) is 26.7 Å². The molecule has 6 nitrogen and oxygen atoms in total. The minimum Gasteiger partial charge on any atom is -0.492 e. The molecule has 1 saturated heterocycles. The average molecular weight is 696 g/mol. The van der Waals surface area contributed by atoms with Gasteiger partial charge in [-0.15, -0.1) is 0 Å². The summed E-state index contributed by atoms with van der Waals surface area (Å²) in [5, 5.41) is 2.45. The van der Waals surface area contributed by atoms with E-state index in [0.717, 1.165) is 57.3 Å². The zero-order chi connectivity index (χ0) is 34.1. The molecule has 1 heterocycles. The van der Waals surface area contributed by atoms with Crippen molar-refractivity contribution in [1.82, 2.24) is 9.62 Å². The summed E-state index contributed by atoms with van der Waals surface area (Å²) >= 11 is 7.17. The molecule has 2 aliphatic rings. The lowest BCUT2D eigenvalue weighted by Gasteiger charge is -2.25. The molecule has 2 fully saturated rings. The van der Waals surface area contributed by atoms with E-state index in [9.17, 15) is 4.79 Å². The molecule has 1 unspecified atom stereocenters. The van der Waals surface area contributed by atoms with Crippen molar-refractivity contribution in [3.05, 3.63) is 89.4 Å². The van der Waals surface area contributed by atoms with Crippen LogP contribution in [0.4, 0.5) is 8.78 Å². The number of hydrogen-bond acceptors (Lipinski definition) is 7. The summed E-state index contributed by atoms with van der Waals surface area (Å²) in [5.74, 6) is -2.05. The molecule has 0 aromatic heterocycles. The number of piperidine rings is 1. The smallest absolute Gasteiger partial charge is 0.295 e. The Morgan fingerprint density at radius 1 is 0.958 bits per heavy atom. The first-order valence-corrected chi connectivity index (χ1v) is 17.8. The summed E-state index contributed by atoms with van der Waals surface area (Å²) in [5.41, 5.74) is 6.93. The topological polar surface area (TPSA) is 76.8 Å². The molecule has 6 rings (SSSR count). The summed E-state index contributed by atoms with van der Waals surface area (Å²) in [6.07, 6.45) is 7.47. The van der Waals surface area contributed by atoms with Crippen LogP contribution in [0.25, 0.3) is 21.9 Å². The van der Waals surface area contributed by atoms with E-state index >= 15 is 8.78 Å². The lowest BCUT2D eigenvalue weighted by atomic mass is 9.98. The lowest BCUT2D eigenvalue weighted by Crippen LogP contribution is -2.41. The van der Waals surface area contributed by atoms with Crippen LogP contribution in [0.15, 0.2) is 83.8 Å². The van der Waals surface area contributed by atoms with Crippen molar-refractivity contribution >= 4 is 40.6 Å². The number of carbonyl (C=O) groups excluding carboxylic acids is 1. The van der Waals surface area contributed by atoms with Crippen LogP contribution in [-0.4, -0.2) is 56.1 Å². The predicted octanol–water partition coefficient (Wildman–Crippen LogP) is 8.88. The number of nitrogens with one attached hydrogen (secondary N) is 1. The molecule has 0 spiro atoms. The van der Waals surface area contributed by atoms with Crippen molar-refractivity contribution in [3.63, 3.8) is 0 Å². The molecule has 0 bridgehead atoms. The summed E-state index contributed by atoms with van der Waals surface area (Å²) in [7, 11) is 2.14. The largest absolute Gasteiger partial charge is 0.492 e. The van der Waals surface area contributed by atoms with E-state index in [0.29, 0.717) is 23.4 Å². The number of benzene rings is 4. The fraction of sp³-hybridized carbons (Fsp3) is 0.395. The third-order valence-corrected chi connectivity index (χ3v) is 9.99. The van der Waals surface area contributed by atoms with E-state index in [-0.39, 0.29) is 18.0 Å². The number of carbonyl (C=O) groups is 1. The first kappa shape index (κ1) is 36.1. The van der Waals surface area contributed by atoms with Crippen molar-refractivity contribution in [3.8, 4) is 22.6 Å². The molecule has 0 amide bonds. The molecule has 4 aromatic carbocycles. The van der Waals surface area contributed by atoms with Gasteiger partial charge in [0, 0.05) is 16.5 Å². The zero-order valence-corrected chi connectivity index (χ0v) is 29.0. The highest BCUT2D eigenvalue weighted by molar-refractivity contribution is 7.97. The van der Waals surface area contributed by atoms with E-state index < -0.39 is 12.0 Å². The van der Waals surface area contributed by atoms with E-state index in [4.69, 9.17) is 26.8 Å². The summed E-state index contributed by atoms with van der Waals surface area (Å²) < 4.78 is 45.0. The number of nitrogens with two attached hydrogens (primary N) is 1. The molecule has 1 atom stereocenters. The third-order valence-electron chi connectivity index (χ3n) is 8.82. The van der Waals surface area contributed by atoms with Crippen LogP contribution < -0.4 is 19.9 Å². The summed E-state index contributed by atoms with van der Waals surface area (Å²) in [6, 6.07) is 21.5. The SMILES string of the molecule is CCOc1cc(-c2ccc(C(F)(F)C(C=O)NSc3ccc4cc(OC5CCCC5)ccc4c3)cc2)ccc1Cl.CN1CCC(N)CC1. The number of alkyl halides is 2. The average Bonchev–Trinajstić information content (AvgIpc) is 3.61. The molecule has 0 radical (unpaired) electrons. The van der Waals surface area contributed by atoms with E-state index in [2.05, 4.69) is 16.7 Å². The number of aldehydes is 1. The second-order valence-electron chi connectivity index (χ2n) is 12.4. The van der Waals surface area contributed by atoms with E-state index in [1.807, 2.05) is 43.3 Å². The maximum atomic E-state index is 15.4. The Labute approximate surface area is 291 Å². The van der Waals surface area contributed by atoms with Gasteiger partial charge in [0.2, 0.25) is 0 Å². The Hall–Kier alpha value is -3.21. The van der Waals surface area contributed by atoms with E-state index in [1.54, 1.807) is 30.3 Å². The first-order chi connectivity index (χ1) is 23.2. The van der Waals surface area contributed by atoms with Crippen molar-refractivity contribution in [2.24, 2.45) is 5.73 Å². The van der Waals surface area contributed by atoms with Crippen LogP contribution in [0.2, 0.25) is 5.02 Å². The van der Waals surface area contributed by atoms with Gasteiger partial charge in [0.05, 0.1) is 17.7 Å². The van der Waals surface area contributed by atoms with Gasteiger partial charge in [0.1, 0.15) is 23.8 Å². The van der Waals surface area contributed by atoms with Crippen molar-refractivity contribution in [1.29, 1.82) is 0 Å². The number of likely N-dealkylation sites (tertiary alicyclic amines) is 1. The number of ether oxygens (including phenoxy) is 2. The molecule has 48 heavy (non-hydrogen) atoms. The van der Waals surface area contributed by atoms with Crippen LogP contribution >= 0.6 is 23.5 Å². The summed E-state index contributed by atoms with van der Waals surface area (Å²) in [6.45, 7) is 4.68. The van der Waals surface area contributed by atoms with Gasteiger partial charge in [-0.3, -0.25) is 0 Å². The number of nitrogens with zero attached hydrogens (tertiary/aromatic N) is 1. The molecule has 1 aliphatic carbocycles. The third kappa shape index (κ3) is 9.48. The molecule has 256 valence electrons. The van der Waals surface area contributed by atoms with Gasteiger partial charge in [0.15, 0.2) is 0 Å². The van der Waals surface area contributed by atoms with E-state index in [1.165, 1.54) is 50.9 Å². The molecular formula is C38H44ClF2N3O3S. The Morgan fingerprint density at radius 3 is 2.29 bits per heavy atom. The fourth-order valence-electron chi connectivity index (χ4n) is 5.90. The van der Waals surface area contributed by atoms with Gasteiger partial charge in [-0.2, -0.15) is 8.78 Å². The fourth-order valence-corrected chi connectivity index (χ4v) is 6.86. The van der Waals surface area contributed by atoms with Crippen LogP contribution in [-0.2, 0) is 10.7 Å². The monoisotopic (exact) mass is 695 g/mol. The Bertz CT molecular complexity index is 1630. The highest BCUT2D eigenvalue weighted by atomic mass is 35.5. The molecular weight excluding hydrogens is 652 g/mol. The van der Waals surface area contributed by atoms with Gasteiger partial charge < -0.3 is 24.9 Å². The van der Waals surface area contributed by atoms with Crippen LogP contribution in [0.3, 0.4) is 0 Å². The quantitative estimate of drug-likeness (QED) is 0.120. The Balaban J connectivity index is 0.000000494. The lowest BCUT2D eigenvalue weighted by molar-refractivity contribution is -0.119. The van der Waals surface area contributed by atoms with Crippen molar-refractivity contribution in [2.45, 2.75) is 74.5 Å². The Kier molecular flexibility index (Phi) is 12.7. The second-order valence-corrected chi connectivity index (χ2v) is 13.8. The molecule has 4 aromatic rings. The highest BCUT2D eigenvalue weighted by Gasteiger charge is 2.41. The zero-order valence-electron chi connectivity index (χ0n) is 27.5. The van der Waals surface area contributed by atoms with Crippen LogP contribution in [0, 0.1) is 0 Å². The van der Waals surface area contributed by atoms with Gasteiger partial charge in [-0.25, -0.2) is 4.72 Å². The van der Waals surface area contributed by atoms with Crippen LogP contribution in [0.1, 0.15) is 51.0 Å². The second kappa shape index (κ2) is 16.9. The Morgan fingerprint density at radius 2 is 1.62 bits per heavy atom. The van der Waals surface area contributed by atoms with Crippen molar-refractivity contribution < 1.29 is 23.0 Å². The maximum Gasteiger partial charge on any atom is 0.295 e. The van der Waals surface area contributed by atoms with Gasteiger partial charge in [-0.1, -0.05) is 54.1 Å². The molecule has 1 aliphatic heterocycles. The number of halogens is 3. The summed E-state index contributed by atoms with van der Waals surface area (Å²) in [4.78, 5) is 14.8. The number of hydrogen-bond donors (Lipinski definition) is 2. The van der Waals surface area contributed by atoms with Crippen LogP contribution in [0.5, 0.6) is 11.5 Å². The number of fused-ring (bicyclic) bond motifs is 1. The molecule has 10 heteroatoms. The molecule has 1 saturated carbocycles. The number of rotatable bonds is 11. The minimum atomic E-state index is -3.42. The molecule has 3 N–H and O–H groups in total. The van der Waals surface area contributed by atoms with Gasteiger partial charge in [0.25, 0.3) is 5.92 Å². The predicted molar refractivity (Wildman–Crippen MR) is 192 cm³/mol. The van der Waals surface area contributed by atoms with Gasteiger partial charge >= 0.3 is 0 Å².